The average molecular weight is 395 g/mol. The van der Waals surface area contributed by atoms with Gasteiger partial charge in [-0.3, -0.25) is 4.79 Å². The van der Waals surface area contributed by atoms with Crippen molar-refractivity contribution in [1.82, 2.24) is 5.32 Å². The van der Waals surface area contributed by atoms with Crippen molar-refractivity contribution in [2.24, 2.45) is 0 Å². The van der Waals surface area contributed by atoms with E-state index in [1.807, 2.05) is 25.1 Å². The normalized spacial score (nSPS) is 23.9. The second kappa shape index (κ2) is 7.25. The minimum Gasteiger partial charge on any atom is -0.459 e. The molecule has 1 N–H and O–H groups in total. The molecule has 5 rings (SSSR count). The molecule has 2 aliphatic heterocycles. The van der Waals surface area contributed by atoms with E-state index in [1.165, 1.54) is 0 Å². The Morgan fingerprint density at radius 1 is 1.10 bits per heavy atom. The Labute approximate surface area is 169 Å². The molecule has 0 radical (unpaired) electrons. The predicted octanol–water partition coefficient (Wildman–Crippen LogP) is 3.87. The quantitative estimate of drug-likeness (QED) is 0.784. The minimum absolute atomic E-state index is 0.0300. The SMILES string of the molecule is CC1=C(C(=O)OC2CCCC2)[C@@H](c2ccc3c(c2)OCO3)C2=C(CCCC2=O)N1. The van der Waals surface area contributed by atoms with Gasteiger partial charge in [0.25, 0.3) is 0 Å². The first-order chi connectivity index (χ1) is 14.1. The van der Waals surface area contributed by atoms with E-state index in [0.717, 1.165) is 55.5 Å². The summed E-state index contributed by atoms with van der Waals surface area (Å²) in [5.41, 5.74) is 3.78. The molecule has 0 spiro atoms. The Morgan fingerprint density at radius 3 is 2.72 bits per heavy atom. The highest BCUT2D eigenvalue weighted by Gasteiger charge is 2.40. The minimum atomic E-state index is -0.442. The van der Waals surface area contributed by atoms with Gasteiger partial charge in [0.05, 0.1) is 5.57 Å². The number of nitrogens with one attached hydrogen (secondary N) is 1. The Bertz CT molecular complexity index is 939. The summed E-state index contributed by atoms with van der Waals surface area (Å²) >= 11 is 0. The van der Waals surface area contributed by atoms with Crippen molar-refractivity contribution in [3.05, 3.63) is 46.3 Å². The van der Waals surface area contributed by atoms with Gasteiger partial charge < -0.3 is 19.5 Å². The summed E-state index contributed by atoms with van der Waals surface area (Å²) in [7, 11) is 0. The van der Waals surface area contributed by atoms with Crippen molar-refractivity contribution in [2.75, 3.05) is 6.79 Å². The fourth-order valence-corrected chi connectivity index (χ4v) is 4.90. The summed E-state index contributed by atoms with van der Waals surface area (Å²) in [5, 5.41) is 3.34. The maximum atomic E-state index is 13.3. The summed E-state index contributed by atoms with van der Waals surface area (Å²) in [6.07, 6.45) is 6.11. The molecule has 0 unspecified atom stereocenters. The van der Waals surface area contributed by atoms with Crippen LogP contribution in [0.2, 0.25) is 0 Å². The molecule has 1 aromatic rings. The van der Waals surface area contributed by atoms with Crippen LogP contribution in [0.5, 0.6) is 11.5 Å². The number of carbonyl (C=O) groups excluding carboxylic acids is 2. The maximum Gasteiger partial charge on any atom is 0.337 e. The topological polar surface area (TPSA) is 73.9 Å². The molecule has 2 heterocycles. The fraction of sp³-hybridized carbons (Fsp3) is 0.478. The lowest BCUT2D eigenvalue weighted by molar-refractivity contribution is -0.144. The molecule has 6 heteroatoms. The highest BCUT2D eigenvalue weighted by molar-refractivity contribution is 6.03. The van der Waals surface area contributed by atoms with Gasteiger partial charge in [0.2, 0.25) is 6.79 Å². The first-order valence-corrected chi connectivity index (χ1v) is 10.5. The van der Waals surface area contributed by atoms with Crippen LogP contribution in [0, 0.1) is 0 Å². The molecule has 29 heavy (non-hydrogen) atoms. The fourth-order valence-electron chi connectivity index (χ4n) is 4.90. The van der Waals surface area contributed by atoms with Crippen molar-refractivity contribution < 1.29 is 23.8 Å². The smallest absolute Gasteiger partial charge is 0.337 e. The molecule has 1 saturated carbocycles. The summed E-state index contributed by atoms with van der Waals surface area (Å²) < 4.78 is 16.8. The van der Waals surface area contributed by atoms with Crippen molar-refractivity contribution in [2.45, 2.75) is 63.9 Å². The number of esters is 1. The average Bonchev–Trinajstić information content (AvgIpc) is 3.38. The summed E-state index contributed by atoms with van der Waals surface area (Å²) in [6, 6.07) is 5.66. The zero-order valence-corrected chi connectivity index (χ0v) is 16.6. The molecule has 152 valence electrons. The van der Waals surface area contributed by atoms with E-state index in [2.05, 4.69) is 5.32 Å². The molecule has 4 aliphatic rings. The highest BCUT2D eigenvalue weighted by atomic mass is 16.7. The number of allylic oxidation sites excluding steroid dienone is 3. The van der Waals surface area contributed by atoms with Crippen LogP contribution in [0.15, 0.2) is 40.7 Å². The zero-order chi connectivity index (χ0) is 20.0. The third-order valence-electron chi connectivity index (χ3n) is 6.30. The van der Waals surface area contributed by atoms with Crippen LogP contribution in [-0.4, -0.2) is 24.6 Å². The maximum absolute atomic E-state index is 13.3. The number of benzene rings is 1. The molecule has 0 bridgehead atoms. The number of hydrogen-bond donors (Lipinski definition) is 1. The van der Waals surface area contributed by atoms with Crippen molar-refractivity contribution in [3.8, 4) is 11.5 Å². The standard InChI is InChI=1S/C23H25NO5/c1-13-20(23(26)29-15-5-2-3-6-15)21(22-16(24-13)7-4-8-17(22)25)14-9-10-18-19(11-14)28-12-27-18/h9-11,15,21,24H,2-8,12H2,1H3/t21-/m1/s1. The predicted molar refractivity (Wildman–Crippen MR) is 105 cm³/mol. The van der Waals surface area contributed by atoms with Gasteiger partial charge in [0, 0.05) is 29.3 Å². The van der Waals surface area contributed by atoms with Crippen molar-refractivity contribution in [3.63, 3.8) is 0 Å². The first-order valence-electron chi connectivity index (χ1n) is 10.5. The van der Waals surface area contributed by atoms with Gasteiger partial charge >= 0.3 is 5.97 Å². The lowest BCUT2D eigenvalue weighted by Crippen LogP contribution is -2.35. The number of carbonyl (C=O) groups is 2. The zero-order valence-electron chi connectivity index (χ0n) is 16.6. The van der Waals surface area contributed by atoms with Crippen LogP contribution in [0.1, 0.15) is 63.4 Å². The van der Waals surface area contributed by atoms with Crippen LogP contribution in [0.4, 0.5) is 0 Å². The van der Waals surface area contributed by atoms with E-state index < -0.39 is 5.92 Å². The largest absolute Gasteiger partial charge is 0.459 e. The molecule has 1 fully saturated rings. The van der Waals surface area contributed by atoms with Crippen LogP contribution in [0.25, 0.3) is 0 Å². The van der Waals surface area contributed by atoms with Gasteiger partial charge in [-0.05, 0) is 63.1 Å². The molecular weight excluding hydrogens is 370 g/mol. The Hall–Kier alpha value is -2.76. The van der Waals surface area contributed by atoms with E-state index in [4.69, 9.17) is 14.2 Å². The lowest BCUT2D eigenvalue weighted by atomic mass is 9.75. The molecule has 0 amide bonds. The Balaban J connectivity index is 1.58. The molecule has 2 aliphatic carbocycles. The summed E-state index contributed by atoms with van der Waals surface area (Å²) in [4.78, 5) is 26.2. The highest BCUT2D eigenvalue weighted by Crippen LogP contribution is 2.45. The number of rotatable bonds is 3. The Morgan fingerprint density at radius 2 is 1.90 bits per heavy atom. The summed E-state index contributed by atoms with van der Waals surface area (Å²) in [6.45, 7) is 2.08. The van der Waals surface area contributed by atoms with Crippen LogP contribution >= 0.6 is 0 Å². The molecular formula is C23H25NO5. The second-order valence-electron chi connectivity index (χ2n) is 8.19. The van der Waals surface area contributed by atoms with E-state index in [1.54, 1.807) is 0 Å². The number of hydrogen-bond acceptors (Lipinski definition) is 6. The number of ketones is 1. The molecule has 1 atom stereocenters. The molecule has 6 nitrogen and oxygen atoms in total. The third-order valence-corrected chi connectivity index (χ3v) is 6.30. The summed E-state index contributed by atoms with van der Waals surface area (Å²) in [5.74, 6) is 0.660. The second-order valence-corrected chi connectivity index (χ2v) is 8.19. The van der Waals surface area contributed by atoms with E-state index >= 15 is 0 Å². The van der Waals surface area contributed by atoms with Crippen LogP contribution in [-0.2, 0) is 14.3 Å². The van der Waals surface area contributed by atoms with Crippen LogP contribution in [0.3, 0.4) is 0 Å². The van der Waals surface area contributed by atoms with E-state index in [-0.39, 0.29) is 24.6 Å². The molecule has 1 aromatic carbocycles. The van der Waals surface area contributed by atoms with E-state index in [0.29, 0.717) is 29.1 Å². The van der Waals surface area contributed by atoms with Gasteiger partial charge in [-0.15, -0.1) is 0 Å². The van der Waals surface area contributed by atoms with Gasteiger partial charge in [0.15, 0.2) is 17.3 Å². The number of fused-ring (bicyclic) bond motifs is 1. The monoisotopic (exact) mass is 395 g/mol. The third kappa shape index (κ3) is 3.20. The lowest BCUT2D eigenvalue weighted by Gasteiger charge is -2.34. The molecule has 0 saturated heterocycles. The Kier molecular flexibility index (Phi) is 4.57. The van der Waals surface area contributed by atoms with E-state index in [9.17, 15) is 9.59 Å². The van der Waals surface area contributed by atoms with Gasteiger partial charge in [-0.2, -0.15) is 0 Å². The van der Waals surface area contributed by atoms with Crippen LogP contribution < -0.4 is 14.8 Å². The first kappa shape index (κ1) is 18.3. The van der Waals surface area contributed by atoms with Gasteiger partial charge in [-0.25, -0.2) is 4.79 Å². The number of dihydropyridines is 1. The van der Waals surface area contributed by atoms with Gasteiger partial charge in [0.1, 0.15) is 6.10 Å². The van der Waals surface area contributed by atoms with Crippen molar-refractivity contribution in [1.29, 1.82) is 0 Å². The van der Waals surface area contributed by atoms with Gasteiger partial charge in [-0.1, -0.05) is 6.07 Å². The number of Topliss-reactive ketones (excluding diaryl/α,β-unsaturated/α-hetero) is 1. The number of ether oxygens (including phenoxy) is 3. The molecule has 0 aromatic heterocycles. The van der Waals surface area contributed by atoms with Crippen molar-refractivity contribution >= 4 is 11.8 Å².